The molecule has 0 saturated heterocycles. The highest BCUT2D eigenvalue weighted by Gasteiger charge is 2.61. The third-order valence-electron chi connectivity index (χ3n) is 10.9. The minimum atomic E-state index is -4.51. The number of aliphatic hydroxyl groups is 1. The van der Waals surface area contributed by atoms with Gasteiger partial charge in [-0.3, -0.25) is 0 Å². The van der Waals surface area contributed by atoms with Gasteiger partial charge in [-0.25, -0.2) is 0 Å². The molecule has 4 aliphatic rings. The van der Waals surface area contributed by atoms with Crippen LogP contribution in [-0.2, 0) is 0 Å². The van der Waals surface area contributed by atoms with E-state index in [1.54, 1.807) is 6.92 Å². The van der Waals surface area contributed by atoms with E-state index in [2.05, 4.69) is 20.8 Å². The Kier molecular flexibility index (Phi) is 7.52. The van der Waals surface area contributed by atoms with Gasteiger partial charge in [-0.15, -0.1) is 0 Å². The Bertz CT molecular complexity index is 604. The van der Waals surface area contributed by atoms with Crippen molar-refractivity contribution in [3.05, 3.63) is 0 Å². The fraction of sp³-hybridized carbons (Fsp3) is 1.00. The second-order valence-corrected chi connectivity index (χ2v) is 11.8. The molecular formula is C27H47F3O. The van der Waals surface area contributed by atoms with Gasteiger partial charge in [0.25, 0.3) is 0 Å². The number of hydrogen-bond donors (Lipinski definition) is 1. The van der Waals surface area contributed by atoms with Crippen LogP contribution >= 0.6 is 0 Å². The van der Waals surface area contributed by atoms with E-state index in [0.717, 1.165) is 37.0 Å². The molecule has 4 fully saturated rings. The van der Waals surface area contributed by atoms with Crippen LogP contribution in [-0.4, -0.2) is 17.4 Å². The Balaban J connectivity index is 0.00000132. The van der Waals surface area contributed by atoms with Crippen molar-refractivity contribution in [1.82, 2.24) is 0 Å². The molecule has 4 aliphatic carbocycles. The number of rotatable bonds is 3. The second-order valence-electron chi connectivity index (χ2n) is 11.8. The third-order valence-corrected chi connectivity index (χ3v) is 10.9. The van der Waals surface area contributed by atoms with Crippen molar-refractivity contribution in [3.63, 3.8) is 0 Å². The van der Waals surface area contributed by atoms with Gasteiger partial charge >= 0.3 is 6.18 Å². The maximum Gasteiger partial charge on any atom is 0.414 e. The van der Waals surface area contributed by atoms with E-state index < -0.39 is 18.2 Å². The van der Waals surface area contributed by atoms with Gasteiger partial charge in [0.2, 0.25) is 0 Å². The van der Waals surface area contributed by atoms with E-state index in [9.17, 15) is 18.3 Å². The molecular weight excluding hydrogens is 397 g/mol. The molecule has 1 nitrogen and oxygen atoms in total. The molecule has 0 amide bonds. The summed E-state index contributed by atoms with van der Waals surface area (Å²) in [6, 6.07) is 0. The van der Waals surface area contributed by atoms with E-state index in [0.29, 0.717) is 17.3 Å². The Labute approximate surface area is 189 Å². The second kappa shape index (κ2) is 9.18. The Hall–Kier alpha value is -0.250. The molecule has 1 N–H and O–H groups in total. The number of aliphatic hydroxyl groups excluding tert-OH is 1. The van der Waals surface area contributed by atoms with Gasteiger partial charge in [0.05, 0.1) is 0 Å². The molecule has 0 bridgehead atoms. The summed E-state index contributed by atoms with van der Waals surface area (Å²) < 4.78 is 39.7. The van der Waals surface area contributed by atoms with E-state index in [1.165, 1.54) is 44.9 Å². The molecule has 0 spiro atoms. The van der Waals surface area contributed by atoms with Crippen molar-refractivity contribution in [2.24, 2.45) is 52.3 Å². The van der Waals surface area contributed by atoms with Crippen molar-refractivity contribution in [1.29, 1.82) is 0 Å². The monoisotopic (exact) mass is 444 g/mol. The van der Waals surface area contributed by atoms with Crippen LogP contribution in [0.3, 0.4) is 0 Å². The van der Waals surface area contributed by atoms with Gasteiger partial charge in [-0.05, 0) is 110 Å². The van der Waals surface area contributed by atoms with Crippen LogP contribution in [0.5, 0.6) is 0 Å². The molecule has 0 heterocycles. The number of alkyl halides is 3. The van der Waals surface area contributed by atoms with Crippen LogP contribution in [0.4, 0.5) is 13.2 Å². The van der Waals surface area contributed by atoms with Crippen LogP contribution in [0.1, 0.15) is 106 Å². The van der Waals surface area contributed by atoms with Gasteiger partial charge in [0.15, 0.2) is 6.10 Å². The third kappa shape index (κ3) is 4.21. The molecule has 0 aromatic carbocycles. The lowest BCUT2D eigenvalue weighted by Gasteiger charge is -2.61. The summed E-state index contributed by atoms with van der Waals surface area (Å²) in [6.45, 7) is 12.8. The lowest BCUT2D eigenvalue weighted by Crippen LogP contribution is -2.54. The minimum Gasteiger partial charge on any atom is -0.383 e. The maximum absolute atomic E-state index is 13.2. The van der Waals surface area contributed by atoms with E-state index in [4.69, 9.17) is 0 Å². The van der Waals surface area contributed by atoms with Crippen LogP contribution in [0.2, 0.25) is 0 Å². The van der Waals surface area contributed by atoms with Gasteiger partial charge in [0.1, 0.15) is 0 Å². The molecule has 182 valence electrons. The highest BCUT2D eigenvalue weighted by Crippen LogP contribution is 2.68. The predicted octanol–water partition coefficient (Wildman–Crippen LogP) is 8.26. The standard InChI is InChI=1S/C25H41F3O.C2H6/c1-5-16-10-12-23(3)17(14-16)6-7-18-20-9-8-19(15(2)22(29)25(26,27)28)24(20,4)13-11-21(18)23;1-2/h15-22,29H,5-14H2,1-4H3;1-2H3/t15-,16+,17-,18+,19?,20?,21?,22?,23+,24-;/m1./s1. The molecule has 4 unspecified atom stereocenters. The molecule has 4 heteroatoms. The van der Waals surface area contributed by atoms with Crippen molar-refractivity contribution in [2.45, 2.75) is 118 Å². The van der Waals surface area contributed by atoms with Gasteiger partial charge in [-0.1, -0.05) is 48.0 Å². The molecule has 4 rings (SSSR count). The van der Waals surface area contributed by atoms with Gasteiger partial charge in [0, 0.05) is 0 Å². The van der Waals surface area contributed by atoms with Crippen molar-refractivity contribution in [2.75, 3.05) is 0 Å². The molecule has 0 aromatic heterocycles. The molecule has 10 atom stereocenters. The first-order valence-corrected chi connectivity index (χ1v) is 13.3. The first-order valence-electron chi connectivity index (χ1n) is 13.3. The zero-order chi connectivity index (χ0) is 23.2. The SMILES string of the molecule is CC.CC[C@H]1CC[C@]2(C)C3CC[C@]4(C)C([C@@H](C)C(O)C(F)(F)F)CCC4[C@@H]3CC[C@@H]2C1. The zero-order valence-corrected chi connectivity index (χ0v) is 20.8. The molecule has 0 aromatic rings. The minimum absolute atomic E-state index is 0.00793. The van der Waals surface area contributed by atoms with Crippen molar-refractivity contribution in [3.8, 4) is 0 Å². The summed E-state index contributed by atoms with van der Waals surface area (Å²) in [5.74, 6) is 3.05. The first-order chi connectivity index (χ1) is 14.5. The van der Waals surface area contributed by atoms with E-state index >= 15 is 0 Å². The maximum atomic E-state index is 13.2. The largest absolute Gasteiger partial charge is 0.414 e. The lowest BCUT2D eigenvalue weighted by atomic mass is 9.44. The first kappa shape index (κ1) is 25.4. The summed E-state index contributed by atoms with van der Waals surface area (Å²) in [5, 5.41) is 9.97. The smallest absolute Gasteiger partial charge is 0.383 e. The van der Waals surface area contributed by atoms with Crippen LogP contribution in [0.25, 0.3) is 0 Å². The molecule has 0 aliphatic heterocycles. The fourth-order valence-electron chi connectivity index (χ4n) is 9.14. The zero-order valence-electron chi connectivity index (χ0n) is 20.8. The summed E-state index contributed by atoms with van der Waals surface area (Å²) in [6.07, 6.45) is 5.51. The number of halogens is 3. The number of hydrogen-bond acceptors (Lipinski definition) is 1. The summed E-state index contributed by atoms with van der Waals surface area (Å²) in [7, 11) is 0. The van der Waals surface area contributed by atoms with E-state index in [1.807, 2.05) is 13.8 Å². The Morgan fingerprint density at radius 3 is 2.13 bits per heavy atom. The quantitative estimate of drug-likeness (QED) is 0.464. The highest BCUT2D eigenvalue weighted by molar-refractivity contribution is 5.10. The van der Waals surface area contributed by atoms with E-state index in [-0.39, 0.29) is 11.3 Å². The lowest BCUT2D eigenvalue weighted by molar-refractivity contribution is -0.228. The predicted molar refractivity (Wildman–Crippen MR) is 122 cm³/mol. The Morgan fingerprint density at radius 2 is 1.52 bits per heavy atom. The van der Waals surface area contributed by atoms with Crippen molar-refractivity contribution < 1.29 is 18.3 Å². The van der Waals surface area contributed by atoms with Crippen LogP contribution in [0.15, 0.2) is 0 Å². The van der Waals surface area contributed by atoms with Gasteiger partial charge < -0.3 is 5.11 Å². The molecule has 31 heavy (non-hydrogen) atoms. The normalized spacial score (nSPS) is 46.6. The summed E-state index contributed by atoms with van der Waals surface area (Å²) in [4.78, 5) is 0. The average molecular weight is 445 g/mol. The summed E-state index contributed by atoms with van der Waals surface area (Å²) in [5.41, 5.74) is 0.418. The molecule has 4 saturated carbocycles. The Morgan fingerprint density at radius 1 is 0.903 bits per heavy atom. The van der Waals surface area contributed by atoms with Crippen LogP contribution < -0.4 is 0 Å². The van der Waals surface area contributed by atoms with Gasteiger partial charge in [-0.2, -0.15) is 13.2 Å². The van der Waals surface area contributed by atoms with Crippen LogP contribution in [0, 0.1) is 52.3 Å². The number of fused-ring (bicyclic) bond motifs is 5. The molecule has 0 radical (unpaired) electrons. The topological polar surface area (TPSA) is 20.2 Å². The average Bonchev–Trinajstić information content (AvgIpc) is 3.10. The fourth-order valence-corrected chi connectivity index (χ4v) is 9.14. The van der Waals surface area contributed by atoms with Crippen molar-refractivity contribution >= 4 is 0 Å². The highest BCUT2D eigenvalue weighted by atomic mass is 19.4. The summed E-state index contributed by atoms with van der Waals surface area (Å²) >= 11 is 0.